The topological polar surface area (TPSA) is 3.24 Å². The summed E-state index contributed by atoms with van der Waals surface area (Å²) in [5.74, 6) is 0.782. The van der Waals surface area contributed by atoms with Crippen molar-refractivity contribution in [3.05, 3.63) is 11.1 Å². The zero-order chi connectivity index (χ0) is 10.1. The largest absolute Gasteiger partial charge is 0.302 e. The molecule has 78 valence electrons. The Labute approximate surface area is 91.7 Å². The molecule has 13 heavy (non-hydrogen) atoms. The maximum atomic E-state index is 5.58. The highest BCUT2D eigenvalue weighted by Gasteiger charge is 1.98. The number of halogens is 2. The van der Waals surface area contributed by atoms with E-state index in [-0.39, 0.29) is 0 Å². The second-order valence-electron chi connectivity index (χ2n) is 3.44. The minimum absolute atomic E-state index is 0.782. The predicted molar refractivity (Wildman–Crippen MR) is 61.7 cm³/mol. The zero-order valence-corrected chi connectivity index (χ0v) is 10.0. The van der Waals surface area contributed by atoms with Crippen LogP contribution in [0.1, 0.15) is 26.2 Å². The molecule has 0 aliphatic rings. The molecule has 0 heterocycles. The molecule has 0 atom stereocenters. The molecule has 1 nitrogen and oxygen atoms in total. The summed E-state index contributed by atoms with van der Waals surface area (Å²) in [6.45, 7) is 4.13. The van der Waals surface area contributed by atoms with Gasteiger partial charge in [0.1, 0.15) is 0 Å². The fourth-order valence-electron chi connectivity index (χ4n) is 1.19. The van der Waals surface area contributed by atoms with E-state index in [0.717, 1.165) is 25.4 Å². The van der Waals surface area contributed by atoms with Crippen LogP contribution >= 0.6 is 23.2 Å². The Balaban J connectivity index is 3.35. The van der Waals surface area contributed by atoms with Crippen molar-refractivity contribution in [1.82, 2.24) is 4.90 Å². The lowest BCUT2D eigenvalue weighted by molar-refractivity contribution is 0.351. The fourth-order valence-corrected chi connectivity index (χ4v) is 1.45. The van der Waals surface area contributed by atoms with Crippen LogP contribution in [0.15, 0.2) is 11.1 Å². The lowest BCUT2D eigenvalue weighted by Gasteiger charge is -2.16. The Hall–Kier alpha value is 0.280. The van der Waals surface area contributed by atoms with Crippen LogP contribution in [-0.2, 0) is 0 Å². The van der Waals surface area contributed by atoms with Crippen LogP contribution in [0.3, 0.4) is 0 Å². The number of rotatable bonds is 7. The highest BCUT2D eigenvalue weighted by molar-refractivity contribution is 6.25. The van der Waals surface area contributed by atoms with E-state index in [1.807, 2.05) is 6.92 Å². The summed E-state index contributed by atoms with van der Waals surface area (Å²) < 4.78 is 0. The van der Waals surface area contributed by atoms with Gasteiger partial charge in [0, 0.05) is 18.0 Å². The van der Waals surface area contributed by atoms with E-state index in [1.165, 1.54) is 18.4 Å². The molecule has 0 saturated carbocycles. The van der Waals surface area contributed by atoms with E-state index in [4.69, 9.17) is 23.2 Å². The first-order valence-corrected chi connectivity index (χ1v) is 5.68. The van der Waals surface area contributed by atoms with Crippen molar-refractivity contribution < 1.29 is 0 Å². The van der Waals surface area contributed by atoms with Crippen LogP contribution in [0.4, 0.5) is 0 Å². The van der Waals surface area contributed by atoms with E-state index in [1.54, 1.807) is 5.54 Å². The van der Waals surface area contributed by atoms with Gasteiger partial charge in [0.05, 0.1) is 0 Å². The average molecular weight is 224 g/mol. The summed E-state index contributed by atoms with van der Waals surface area (Å²) in [5.41, 5.74) is 2.86. The molecule has 3 heteroatoms. The van der Waals surface area contributed by atoms with Crippen molar-refractivity contribution in [3.8, 4) is 0 Å². The van der Waals surface area contributed by atoms with Gasteiger partial charge >= 0.3 is 0 Å². The summed E-state index contributed by atoms with van der Waals surface area (Å²) in [6, 6.07) is 0. The highest BCUT2D eigenvalue weighted by atomic mass is 35.5. The molecule has 0 aromatic carbocycles. The summed E-state index contributed by atoms with van der Waals surface area (Å²) in [5, 5.41) is 0. The minimum atomic E-state index is 0.782. The normalized spacial score (nSPS) is 12.5. The standard InChI is InChI=1S/C10H19Cl2N/c1-10(8-12)9-13(2)7-5-3-4-6-11/h8H,3-7,9H2,1-2H3. The van der Waals surface area contributed by atoms with Gasteiger partial charge in [0.25, 0.3) is 0 Å². The van der Waals surface area contributed by atoms with Gasteiger partial charge in [-0.25, -0.2) is 0 Å². The molecule has 0 N–H and O–H groups in total. The number of hydrogen-bond donors (Lipinski definition) is 0. The third-order valence-corrected chi connectivity index (χ3v) is 2.52. The molecular formula is C10H19Cl2N. The van der Waals surface area contributed by atoms with Crippen LogP contribution in [0.2, 0.25) is 0 Å². The van der Waals surface area contributed by atoms with Crippen LogP contribution < -0.4 is 0 Å². The number of nitrogens with zero attached hydrogens (tertiary/aromatic N) is 1. The van der Waals surface area contributed by atoms with Crippen LogP contribution in [-0.4, -0.2) is 30.9 Å². The molecule has 0 aliphatic carbocycles. The quantitative estimate of drug-likeness (QED) is 0.472. The molecule has 0 rings (SSSR count). The third kappa shape index (κ3) is 8.61. The molecule has 0 amide bonds. The van der Waals surface area contributed by atoms with Gasteiger partial charge in [-0.2, -0.15) is 0 Å². The zero-order valence-electron chi connectivity index (χ0n) is 8.52. The van der Waals surface area contributed by atoms with E-state index in [2.05, 4.69) is 11.9 Å². The molecule has 0 unspecified atom stereocenters. The summed E-state index contributed by atoms with van der Waals surface area (Å²) in [7, 11) is 2.12. The number of unbranched alkanes of at least 4 members (excludes halogenated alkanes) is 2. The Bertz CT molecular complexity index is 146. The fraction of sp³-hybridized carbons (Fsp3) is 0.800. The molecular weight excluding hydrogens is 205 g/mol. The molecule has 0 radical (unpaired) electrons. The minimum Gasteiger partial charge on any atom is -0.302 e. The molecule has 0 saturated heterocycles. The first kappa shape index (κ1) is 13.3. The first-order chi connectivity index (χ1) is 6.20. The second-order valence-corrected chi connectivity index (χ2v) is 4.04. The number of likely N-dealkylation sites (N-methyl/N-ethyl adjacent to an activating group) is 1. The van der Waals surface area contributed by atoms with Gasteiger partial charge in [-0.15, -0.1) is 11.6 Å². The van der Waals surface area contributed by atoms with Gasteiger partial charge < -0.3 is 4.90 Å². The Morgan fingerprint density at radius 1 is 1.31 bits per heavy atom. The highest BCUT2D eigenvalue weighted by Crippen LogP contribution is 2.02. The molecule has 0 aromatic rings. The van der Waals surface area contributed by atoms with Crippen molar-refractivity contribution in [1.29, 1.82) is 0 Å². The first-order valence-electron chi connectivity index (χ1n) is 4.71. The summed E-state index contributed by atoms with van der Waals surface area (Å²) in [4.78, 5) is 2.28. The van der Waals surface area contributed by atoms with E-state index < -0.39 is 0 Å². The van der Waals surface area contributed by atoms with Gasteiger partial charge in [-0.05, 0) is 38.9 Å². The van der Waals surface area contributed by atoms with E-state index in [9.17, 15) is 0 Å². The van der Waals surface area contributed by atoms with Gasteiger partial charge in [0.15, 0.2) is 0 Å². The molecule has 0 spiro atoms. The monoisotopic (exact) mass is 223 g/mol. The maximum absolute atomic E-state index is 5.58. The van der Waals surface area contributed by atoms with Crippen molar-refractivity contribution >= 4 is 23.2 Å². The predicted octanol–water partition coefficient (Wildman–Crippen LogP) is 3.47. The molecule has 0 fully saturated rings. The van der Waals surface area contributed by atoms with Crippen molar-refractivity contribution in [2.45, 2.75) is 26.2 Å². The van der Waals surface area contributed by atoms with Gasteiger partial charge in [-0.3, -0.25) is 0 Å². The van der Waals surface area contributed by atoms with Crippen molar-refractivity contribution in [2.24, 2.45) is 0 Å². The summed E-state index contributed by atoms with van der Waals surface area (Å²) >= 11 is 11.2. The van der Waals surface area contributed by atoms with Crippen molar-refractivity contribution in [2.75, 3.05) is 26.0 Å². The lowest BCUT2D eigenvalue weighted by Crippen LogP contribution is -2.21. The molecule has 0 aromatic heterocycles. The smallest absolute Gasteiger partial charge is 0.0223 e. The Morgan fingerprint density at radius 3 is 2.54 bits per heavy atom. The second kappa shape index (κ2) is 8.86. The lowest BCUT2D eigenvalue weighted by atomic mass is 10.2. The number of alkyl halides is 1. The number of hydrogen-bond acceptors (Lipinski definition) is 1. The maximum Gasteiger partial charge on any atom is 0.0223 e. The van der Waals surface area contributed by atoms with E-state index in [0.29, 0.717) is 0 Å². The molecule has 0 bridgehead atoms. The Kier molecular flexibility index (Phi) is 9.05. The van der Waals surface area contributed by atoms with Gasteiger partial charge in [-0.1, -0.05) is 18.0 Å². The van der Waals surface area contributed by atoms with Crippen molar-refractivity contribution in [3.63, 3.8) is 0 Å². The van der Waals surface area contributed by atoms with Crippen LogP contribution in [0.5, 0.6) is 0 Å². The summed E-state index contributed by atoms with van der Waals surface area (Å²) in [6.07, 6.45) is 3.57. The Morgan fingerprint density at radius 2 is 2.00 bits per heavy atom. The average Bonchev–Trinajstić information content (AvgIpc) is 2.12. The SMILES string of the molecule is CC(=CCl)CN(C)CCCCCCl. The van der Waals surface area contributed by atoms with Gasteiger partial charge in [0.2, 0.25) is 0 Å². The molecule has 0 aliphatic heterocycles. The van der Waals surface area contributed by atoms with Crippen LogP contribution in [0, 0.1) is 0 Å². The van der Waals surface area contributed by atoms with E-state index >= 15 is 0 Å². The van der Waals surface area contributed by atoms with Crippen LogP contribution in [0.25, 0.3) is 0 Å². The third-order valence-electron chi connectivity index (χ3n) is 1.88.